The van der Waals surface area contributed by atoms with E-state index in [4.69, 9.17) is 9.47 Å². The Labute approximate surface area is 160 Å². The largest absolute Gasteiger partial charge is 0.497 e. The second-order valence-electron chi connectivity index (χ2n) is 5.83. The van der Waals surface area contributed by atoms with Crippen molar-refractivity contribution >= 4 is 37.3 Å². The zero-order valence-corrected chi connectivity index (χ0v) is 16.8. The van der Waals surface area contributed by atoms with E-state index in [1.807, 2.05) is 0 Å². The number of carbonyl (C=O) groups excluding carboxylic acids is 1. The molecule has 0 N–H and O–H groups in total. The maximum absolute atomic E-state index is 12.7. The minimum atomic E-state index is -3.31. The minimum Gasteiger partial charge on any atom is -0.497 e. The van der Waals surface area contributed by atoms with E-state index in [-0.39, 0.29) is 4.90 Å². The molecule has 1 amide bonds. The number of aryl methyl sites for hydroxylation is 1. The standard InChI is InChI=1S/C18H18N2O5S2/c1-20-14-8-6-12(27(4,22)23)10-16(14)26-18(20)19-17(21)13-7-5-11(24-2)9-15(13)25-3/h5-10H,1-4H3. The highest BCUT2D eigenvalue weighted by atomic mass is 32.2. The Morgan fingerprint density at radius 3 is 2.48 bits per heavy atom. The quantitative estimate of drug-likeness (QED) is 0.664. The molecule has 2 aromatic carbocycles. The van der Waals surface area contributed by atoms with Crippen LogP contribution in [0.15, 0.2) is 46.3 Å². The number of sulfone groups is 1. The number of rotatable bonds is 4. The fraction of sp³-hybridized carbons (Fsp3) is 0.222. The summed E-state index contributed by atoms with van der Waals surface area (Å²) in [6.45, 7) is 0. The summed E-state index contributed by atoms with van der Waals surface area (Å²) in [6.07, 6.45) is 1.16. The van der Waals surface area contributed by atoms with Crippen molar-refractivity contribution in [1.82, 2.24) is 4.57 Å². The molecule has 27 heavy (non-hydrogen) atoms. The van der Waals surface area contributed by atoms with Crippen molar-refractivity contribution in [3.63, 3.8) is 0 Å². The first-order valence-electron chi connectivity index (χ1n) is 7.85. The monoisotopic (exact) mass is 406 g/mol. The molecule has 7 nitrogen and oxygen atoms in total. The lowest BCUT2D eigenvalue weighted by Gasteiger charge is -2.07. The van der Waals surface area contributed by atoms with Crippen LogP contribution >= 0.6 is 11.3 Å². The summed E-state index contributed by atoms with van der Waals surface area (Å²) in [5.41, 5.74) is 1.10. The molecule has 1 aromatic heterocycles. The Balaban J connectivity index is 2.10. The van der Waals surface area contributed by atoms with Gasteiger partial charge in [0.05, 0.1) is 34.9 Å². The van der Waals surface area contributed by atoms with Crippen molar-refractivity contribution in [2.45, 2.75) is 4.90 Å². The molecule has 0 aliphatic rings. The molecule has 0 saturated carbocycles. The van der Waals surface area contributed by atoms with Gasteiger partial charge in [-0.15, -0.1) is 0 Å². The van der Waals surface area contributed by atoms with E-state index in [0.29, 0.717) is 21.9 Å². The van der Waals surface area contributed by atoms with Gasteiger partial charge in [-0.2, -0.15) is 4.99 Å². The third-order valence-electron chi connectivity index (χ3n) is 4.05. The zero-order chi connectivity index (χ0) is 19.8. The third kappa shape index (κ3) is 3.74. The van der Waals surface area contributed by atoms with Crippen LogP contribution in [0.2, 0.25) is 0 Å². The van der Waals surface area contributed by atoms with E-state index >= 15 is 0 Å². The Morgan fingerprint density at radius 1 is 1.11 bits per heavy atom. The van der Waals surface area contributed by atoms with Crippen LogP contribution in [0.25, 0.3) is 10.2 Å². The van der Waals surface area contributed by atoms with Crippen LogP contribution in [0.4, 0.5) is 0 Å². The van der Waals surface area contributed by atoms with Crippen molar-refractivity contribution in [3.8, 4) is 11.5 Å². The predicted molar refractivity (Wildman–Crippen MR) is 103 cm³/mol. The molecule has 0 aliphatic carbocycles. The van der Waals surface area contributed by atoms with Crippen LogP contribution in [0.5, 0.6) is 11.5 Å². The molecular formula is C18H18N2O5S2. The summed E-state index contributed by atoms with van der Waals surface area (Å²) in [5.74, 6) is 0.482. The average Bonchev–Trinajstić information content (AvgIpc) is 2.95. The molecule has 0 aliphatic heterocycles. The van der Waals surface area contributed by atoms with Crippen LogP contribution in [-0.2, 0) is 16.9 Å². The van der Waals surface area contributed by atoms with Gasteiger partial charge in [0, 0.05) is 19.4 Å². The minimum absolute atomic E-state index is 0.228. The maximum atomic E-state index is 12.7. The molecule has 0 fully saturated rings. The lowest BCUT2D eigenvalue weighted by atomic mass is 10.2. The number of methoxy groups -OCH3 is 2. The molecule has 0 unspecified atom stereocenters. The van der Waals surface area contributed by atoms with E-state index < -0.39 is 15.7 Å². The van der Waals surface area contributed by atoms with Crippen LogP contribution < -0.4 is 14.3 Å². The van der Waals surface area contributed by atoms with E-state index in [2.05, 4.69) is 4.99 Å². The van der Waals surface area contributed by atoms with Gasteiger partial charge in [0.2, 0.25) is 0 Å². The van der Waals surface area contributed by atoms with E-state index in [0.717, 1.165) is 16.5 Å². The first-order chi connectivity index (χ1) is 12.7. The molecule has 3 aromatic rings. The van der Waals surface area contributed by atoms with Crippen molar-refractivity contribution in [2.24, 2.45) is 12.0 Å². The van der Waals surface area contributed by atoms with Gasteiger partial charge in [-0.05, 0) is 30.3 Å². The highest BCUT2D eigenvalue weighted by Crippen LogP contribution is 2.25. The Hall–Kier alpha value is -2.65. The highest BCUT2D eigenvalue weighted by molar-refractivity contribution is 7.90. The fourth-order valence-electron chi connectivity index (χ4n) is 2.57. The average molecular weight is 406 g/mol. The lowest BCUT2D eigenvalue weighted by molar-refractivity contribution is 0.0995. The number of aromatic nitrogens is 1. The third-order valence-corrected chi connectivity index (χ3v) is 6.25. The van der Waals surface area contributed by atoms with Gasteiger partial charge in [0.15, 0.2) is 14.6 Å². The Bertz CT molecular complexity index is 1210. The molecule has 9 heteroatoms. The number of hydrogen-bond acceptors (Lipinski definition) is 6. The summed E-state index contributed by atoms with van der Waals surface area (Å²) in [6, 6.07) is 9.72. The molecular weight excluding hydrogens is 388 g/mol. The maximum Gasteiger partial charge on any atom is 0.283 e. The summed E-state index contributed by atoms with van der Waals surface area (Å²) < 4.78 is 36.4. The molecule has 3 rings (SSSR count). The van der Waals surface area contributed by atoms with Crippen LogP contribution in [0.1, 0.15) is 10.4 Å². The van der Waals surface area contributed by atoms with Crippen molar-refractivity contribution < 1.29 is 22.7 Å². The van der Waals surface area contributed by atoms with Gasteiger partial charge in [0.25, 0.3) is 5.91 Å². The molecule has 1 heterocycles. The first kappa shape index (κ1) is 19.1. The van der Waals surface area contributed by atoms with Crippen LogP contribution in [-0.4, -0.2) is 39.4 Å². The molecule has 0 saturated heterocycles. The number of thiazole rings is 1. The van der Waals surface area contributed by atoms with Crippen molar-refractivity contribution in [1.29, 1.82) is 0 Å². The number of benzene rings is 2. The molecule has 0 atom stereocenters. The van der Waals surface area contributed by atoms with E-state index in [1.54, 1.807) is 48.0 Å². The van der Waals surface area contributed by atoms with Crippen LogP contribution in [0, 0.1) is 0 Å². The number of nitrogens with zero attached hydrogens (tertiary/aromatic N) is 2. The van der Waals surface area contributed by atoms with Gasteiger partial charge in [-0.25, -0.2) is 8.42 Å². The molecule has 0 spiro atoms. The second-order valence-corrected chi connectivity index (χ2v) is 8.85. The fourth-order valence-corrected chi connectivity index (χ4v) is 4.35. The summed E-state index contributed by atoms with van der Waals surface area (Å²) in [4.78, 5) is 17.5. The van der Waals surface area contributed by atoms with Gasteiger partial charge in [0.1, 0.15) is 11.5 Å². The number of ether oxygens (including phenoxy) is 2. The van der Waals surface area contributed by atoms with E-state index in [1.165, 1.54) is 25.6 Å². The van der Waals surface area contributed by atoms with Crippen LogP contribution in [0.3, 0.4) is 0 Å². The molecule has 142 valence electrons. The Kier molecular flexibility index (Phi) is 5.07. The smallest absolute Gasteiger partial charge is 0.283 e. The van der Waals surface area contributed by atoms with Gasteiger partial charge >= 0.3 is 0 Å². The summed E-state index contributed by atoms with van der Waals surface area (Å²) >= 11 is 1.24. The summed E-state index contributed by atoms with van der Waals surface area (Å²) in [7, 11) is 1.47. The highest BCUT2D eigenvalue weighted by Gasteiger charge is 2.15. The predicted octanol–water partition coefficient (Wildman–Crippen LogP) is 2.40. The van der Waals surface area contributed by atoms with E-state index in [9.17, 15) is 13.2 Å². The number of amides is 1. The lowest BCUT2D eigenvalue weighted by Crippen LogP contribution is -2.13. The van der Waals surface area contributed by atoms with Gasteiger partial charge in [-0.1, -0.05) is 11.3 Å². The number of carbonyl (C=O) groups is 1. The zero-order valence-electron chi connectivity index (χ0n) is 15.2. The Morgan fingerprint density at radius 2 is 1.85 bits per heavy atom. The topological polar surface area (TPSA) is 87.0 Å². The normalized spacial score (nSPS) is 12.4. The second kappa shape index (κ2) is 7.16. The van der Waals surface area contributed by atoms with Crippen molar-refractivity contribution in [3.05, 3.63) is 46.8 Å². The molecule has 0 radical (unpaired) electrons. The number of hydrogen-bond donors (Lipinski definition) is 0. The van der Waals surface area contributed by atoms with Gasteiger partial charge < -0.3 is 14.0 Å². The summed E-state index contributed by atoms with van der Waals surface area (Å²) in [5, 5.41) is 0. The number of fused-ring (bicyclic) bond motifs is 1. The van der Waals surface area contributed by atoms with Gasteiger partial charge in [-0.3, -0.25) is 4.79 Å². The molecule has 0 bridgehead atoms. The van der Waals surface area contributed by atoms with Crippen molar-refractivity contribution in [2.75, 3.05) is 20.5 Å². The first-order valence-corrected chi connectivity index (χ1v) is 10.6. The SMILES string of the molecule is COc1ccc(C(=O)N=c2sc3cc(S(C)(=O)=O)ccc3n2C)c(OC)c1.